The van der Waals surface area contributed by atoms with E-state index in [0.717, 1.165) is 68.3 Å². The van der Waals surface area contributed by atoms with Crippen LogP contribution in [0.15, 0.2) is 54.6 Å². The van der Waals surface area contributed by atoms with Crippen LogP contribution in [0.5, 0.6) is 0 Å². The zero-order chi connectivity index (χ0) is 23.2. The molecule has 6 heteroatoms. The van der Waals surface area contributed by atoms with Gasteiger partial charge in [-0.2, -0.15) is 0 Å². The molecule has 1 unspecified atom stereocenters. The average molecular weight is 460 g/mol. The number of rotatable bonds is 8. The maximum Gasteiger partial charge on any atom is 0.224 e. The number of aromatic nitrogens is 2. The number of amides is 1. The molecule has 1 amide bonds. The van der Waals surface area contributed by atoms with E-state index in [2.05, 4.69) is 50.4 Å². The molecule has 2 aromatic carbocycles. The largest absolute Gasteiger partial charge is 0.356 e. The number of nitrogens with zero attached hydrogens (tertiary/aromatic N) is 3. The second-order valence-electron chi connectivity index (χ2n) is 9.98. The third-order valence-electron chi connectivity index (χ3n) is 7.49. The molecule has 0 saturated carbocycles. The molecule has 0 aliphatic carbocycles. The van der Waals surface area contributed by atoms with Crippen LogP contribution in [0.2, 0.25) is 0 Å². The first kappa shape index (κ1) is 22.9. The van der Waals surface area contributed by atoms with Crippen molar-refractivity contribution in [1.82, 2.24) is 20.2 Å². The summed E-state index contributed by atoms with van der Waals surface area (Å²) in [4.78, 5) is 25.8. The maximum atomic E-state index is 12.8. The summed E-state index contributed by atoms with van der Waals surface area (Å²) in [5.74, 6) is 1.92. The summed E-state index contributed by atoms with van der Waals surface area (Å²) in [5, 5.41) is 3.21. The molecule has 0 bridgehead atoms. The molecule has 34 heavy (non-hydrogen) atoms. The summed E-state index contributed by atoms with van der Waals surface area (Å²) in [6.07, 6.45) is 6.76. The number of nitrogens with one attached hydrogen (secondary N) is 2. The van der Waals surface area contributed by atoms with Crippen molar-refractivity contribution in [2.75, 3.05) is 44.2 Å². The molecule has 6 nitrogen and oxygen atoms in total. The Hall–Kier alpha value is -2.86. The van der Waals surface area contributed by atoms with E-state index in [9.17, 15) is 4.79 Å². The second kappa shape index (κ2) is 11.0. The Kier molecular flexibility index (Phi) is 7.44. The molecule has 2 N–H and O–H groups in total. The van der Waals surface area contributed by atoms with Crippen LogP contribution in [0, 0.1) is 11.8 Å². The summed E-state index contributed by atoms with van der Waals surface area (Å²) in [6, 6.07) is 19.0. The lowest BCUT2D eigenvalue weighted by Crippen LogP contribution is -2.44. The predicted octanol–water partition coefficient (Wildman–Crippen LogP) is 4.24. The van der Waals surface area contributed by atoms with Crippen molar-refractivity contribution in [1.29, 1.82) is 0 Å². The zero-order valence-electron chi connectivity index (χ0n) is 20.1. The van der Waals surface area contributed by atoms with E-state index in [1.165, 1.54) is 37.9 Å². The van der Waals surface area contributed by atoms with Crippen LogP contribution in [-0.2, 0) is 11.2 Å². The van der Waals surface area contributed by atoms with Gasteiger partial charge in [-0.25, -0.2) is 4.98 Å². The Labute approximate surface area is 202 Å². The quantitative estimate of drug-likeness (QED) is 0.495. The highest BCUT2D eigenvalue weighted by molar-refractivity contribution is 5.80. The Morgan fingerprint density at radius 2 is 1.79 bits per heavy atom. The summed E-state index contributed by atoms with van der Waals surface area (Å²) in [7, 11) is 0. The van der Waals surface area contributed by atoms with E-state index in [0.29, 0.717) is 0 Å². The number of imidazole rings is 1. The van der Waals surface area contributed by atoms with Crippen molar-refractivity contribution in [3.05, 3.63) is 60.2 Å². The fourth-order valence-electron chi connectivity index (χ4n) is 5.49. The lowest BCUT2D eigenvalue weighted by Gasteiger charge is -2.32. The predicted molar refractivity (Wildman–Crippen MR) is 138 cm³/mol. The molecule has 0 spiro atoms. The average Bonchev–Trinajstić information content (AvgIpc) is 3.33. The highest BCUT2D eigenvalue weighted by atomic mass is 16.1. The van der Waals surface area contributed by atoms with Gasteiger partial charge < -0.3 is 20.1 Å². The Morgan fingerprint density at radius 1 is 1.00 bits per heavy atom. The van der Waals surface area contributed by atoms with Gasteiger partial charge in [0.15, 0.2) is 0 Å². The molecule has 3 heterocycles. The molecule has 1 atom stereocenters. The van der Waals surface area contributed by atoms with Gasteiger partial charge in [0.2, 0.25) is 11.9 Å². The first-order valence-corrected chi connectivity index (χ1v) is 13.0. The first-order chi connectivity index (χ1) is 16.7. The van der Waals surface area contributed by atoms with Gasteiger partial charge in [-0.1, -0.05) is 42.5 Å². The number of hydrogen-bond acceptors (Lipinski definition) is 4. The number of aromatic amines is 1. The molecule has 2 aliphatic heterocycles. The minimum atomic E-state index is 0.0377. The van der Waals surface area contributed by atoms with Crippen LogP contribution in [-0.4, -0.2) is 60.0 Å². The SMILES string of the molecule is O=C(NCCCN1CCC(Cc2ccccc2)CC1)C1CCCN(c2nc3ccccc3[nH]2)C1. The third-order valence-corrected chi connectivity index (χ3v) is 7.49. The standard InChI is InChI=1S/C28H37N5O/c34-27(24-10-6-17-33(21-24)28-30-25-11-4-5-12-26(25)31-28)29-15-7-16-32-18-13-23(14-19-32)20-22-8-2-1-3-9-22/h1-5,8-9,11-12,23-24H,6-7,10,13-21H2,(H,29,34)(H,30,31). The van der Waals surface area contributed by atoms with E-state index in [1.807, 2.05) is 24.3 Å². The minimum absolute atomic E-state index is 0.0377. The van der Waals surface area contributed by atoms with Gasteiger partial charge in [0.25, 0.3) is 0 Å². The number of H-pyrrole nitrogens is 1. The number of likely N-dealkylation sites (tertiary alicyclic amines) is 1. The van der Waals surface area contributed by atoms with Crippen LogP contribution in [0.4, 0.5) is 5.95 Å². The van der Waals surface area contributed by atoms with Crippen LogP contribution >= 0.6 is 0 Å². The van der Waals surface area contributed by atoms with Crippen LogP contribution < -0.4 is 10.2 Å². The van der Waals surface area contributed by atoms with E-state index in [4.69, 9.17) is 4.98 Å². The van der Waals surface area contributed by atoms with Gasteiger partial charge in [0, 0.05) is 19.6 Å². The van der Waals surface area contributed by atoms with Crippen molar-refractivity contribution in [3.63, 3.8) is 0 Å². The Bertz CT molecular complexity index is 1020. The normalized spacial score (nSPS) is 20.0. The summed E-state index contributed by atoms with van der Waals surface area (Å²) < 4.78 is 0. The molecule has 2 fully saturated rings. The number of hydrogen-bond donors (Lipinski definition) is 2. The topological polar surface area (TPSA) is 64.3 Å². The highest BCUT2D eigenvalue weighted by Gasteiger charge is 2.27. The molecular weight excluding hydrogens is 422 g/mol. The van der Waals surface area contributed by atoms with Gasteiger partial charge in [-0.15, -0.1) is 0 Å². The van der Waals surface area contributed by atoms with Crippen molar-refractivity contribution in [2.45, 2.75) is 38.5 Å². The summed E-state index contributed by atoms with van der Waals surface area (Å²) in [5.41, 5.74) is 3.49. The number of para-hydroxylation sites is 2. The summed E-state index contributed by atoms with van der Waals surface area (Å²) >= 11 is 0. The van der Waals surface area contributed by atoms with E-state index < -0.39 is 0 Å². The molecule has 3 aromatic rings. The molecule has 2 aliphatic rings. The van der Waals surface area contributed by atoms with Gasteiger partial charge in [-0.3, -0.25) is 4.79 Å². The number of fused-ring (bicyclic) bond motifs is 1. The fraction of sp³-hybridized carbons (Fsp3) is 0.500. The molecule has 5 rings (SSSR count). The highest BCUT2D eigenvalue weighted by Crippen LogP contribution is 2.24. The summed E-state index contributed by atoms with van der Waals surface area (Å²) in [6.45, 7) is 5.89. The third kappa shape index (κ3) is 5.79. The van der Waals surface area contributed by atoms with Crippen molar-refractivity contribution >= 4 is 22.9 Å². The zero-order valence-corrected chi connectivity index (χ0v) is 20.1. The lowest BCUT2D eigenvalue weighted by molar-refractivity contribution is -0.125. The van der Waals surface area contributed by atoms with Crippen LogP contribution in [0.1, 0.15) is 37.7 Å². The van der Waals surface area contributed by atoms with Crippen molar-refractivity contribution in [3.8, 4) is 0 Å². The molecule has 0 radical (unpaired) electrons. The smallest absolute Gasteiger partial charge is 0.224 e. The molecular formula is C28H37N5O. The van der Waals surface area contributed by atoms with E-state index in [-0.39, 0.29) is 11.8 Å². The fourth-order valence-corrected chi connectivity index (χ4v) is 5.49. The number of carbonyl (C=O) groups excluding carboxylic acids is 1. The second-order valence-corrected chi connectivity index (χ2v) is 9.98. The number of anilines is 1. The molecule has 2 saturated heterocycles. The van der Waals surface area contributed by atoms with Gasteiger partial charge in [0.05, 0.1) is 17.0 Å². The van der Waals surface area contributed by atoms with E-state index >= 15 is 0 Å². The van der Waals surface area contributed by atoms with Crippen LogP contribution in [0.3, 0.4) is 0 Å². The first-order valence-electron chi connectivity index (χ1n) is 13.0. The molecule has 1 aromatic heterocycles. The monoisotopic (exact) mass is 459 g/mol. The lowest BCUT2D eigenvalue weighted by atomic mass is 9.90. The number of benzene rings is 2. The Balaban J connectivity index is 1.01. The minimum Gasteiger partial charge on any atom is -0.356 e. The van der Waals surface area contributed by atoms with Crippen molar-refractivity contribution < 1.29 is 4.79 Å². The van der Waals surface area contributed by atoms with Gasteiger partial charge in [0.1, 0.15) is 0 Å². The van der Waals surface area contributed by atoms with Crippen molar-refractivity contribution in [2.24, 2.45) is 11.8 Å². The number of carbonyl (C=O) groups is 1. The van der Waals surface area contributed by atoms with E-state index in [1.54, 1.807) is 0 Å². The Morgan fingerprint density at radius 3 is 2.62 bits per heavy atom. The van der Waals surface area contributed by atoms with Gasteiger partial charge in [-0.05, 0) is 81.8 Å². The maximum absolute atomic E-state index is 12.8. The van der Waals surface area contributed by atoms with Crippen LogP contribution in [0.25, 0.3) is 11.0 Å². The number of piperidine rings is 2. The van der Waals surface area contributed by atoms with Gasteiger partial charge >= 0.3 is 0 Å². The molecule has 180 valence electrons.